The zero-order valence-electron chi connectivity index (χ0n) is 11.2. The van der Waals surface area contributed by atoms with Crippen LogP contribution in [0.25, 0.3) is 0 Å². The van der Waals surface area contributed by atoms with Gasteiger partial charge in [-0.2, -0.15) is 5.10 Å². The average molecular weight is 268 g/mol. The molecule has 0 atom stereocenters. The largest absolute Gasteiger partial charge is 0.508 e. The molecule has 0 saturated heterocycles. The van der Waals surface area contributed by atoms with Crippen molar-refractivity contribution < 1.29 is 9.90 Å². The van der Waals surface area contributed by atoms with Crippen molar-refractivity contribution in [2.75, 3.05) is 0 Å². The zero-order valence-corrected chi connectivity index (χ0v) is 11.2. The molecule has 2 N–H and O–H groups in total. The highest BCUT2D eigenvalue weighted by Gasteiger charge is 2.05. The zero-order chi connectivity index (χ0) is 14.4. The summed E-state index contributed by atoms with van der Waals surface area (Å²) in [4.78, 5) is 11.9. The number of hydrogen-bond donors (Lipinski definition) is 2. The summed E-state index contributed by atoms with van der Waals surface area (Å²) in [5.41, 5.74) is 4.75. The number of carbonyl (C=O) groups excluding carboxylic acids is 1. The third kappa shape index (κ3) is 3.45. The van der Waals surface area contributed by atoms with Crippen LogP contribution in [-0.2, 0) is 0 Å². The summed E-state index contributed by atoms with van der Waals surface area (Å²) in [5.74, 6) is -0.0344. The number of carbonyl (C=O) groups is 1. The second-order valence-corrected chi connectivity index (χ2v) is 4.27. The highest BCUT2D eigenvalue weighted by Crippen LogP contribution is 2.11. The van der Waals surface area contributed by atoms with Gasteiger partial charge < -0.3 is 5.11 Å². The van der Waals surface area contributed by atoms with Gasteiger partial charge in [-0.05, 0) is 48.4 Å². The molecule has 4 nitrogen and oxygen atoms in total. The van der Waals surface area contributed by atoms with E-state index in [9.17, 15) is 9.90 Å². The van der Waals surface area contributed by atoms with Crippen molar-refractivity contribution >= 4 is 11.6 Å². The predicted molar refractivity (Wildman–Crippen MR) is 78.8 cm³/mol. The SMILES string of the molecule is CC/C(=N/NC(=O)c1ccccc1)c1ccc(O)cc1. The molecule has 2 aromatic carbocycles. The average Bonchev–Trinajstić information content (AvgIpc) is 2.50. The van der Waals surface area contributed by atoms with Crippen molar-refractivity contribution in [2.24, 2.45) is 5.10 Å². The van der Waals surface area contributed by atoms with E-state index in [4.69, 9.17) is 0 Å². The van der Waals surface area contributed by atoms with Crippen molar-refractivity contribution in [2.45, 2.75) is 13.3 Å². The van der Waals surface area contributed by atoms with Crippen LogP contribution in [0, 0.1) is 0 Å². The van der Waals surface area contributed by atoms with Gasteiger partial charge in [0.05, 0.1) is 5.71 Å². The van der Waals surface area contributed by atoms with E-state index in [1.807, 2.05) is 13.0 Å². The minimum atomic E-state index is -0.240. The summed E-state index contributed by atoms with van der Waals surface area (Å²) in [6.07, 6.45) is 0.680. The number of rotatable bonds is 4. The van der Waals surface area contributed by atoms with Gasteiger partial charge in [-0.3, -0.25) is 4.79 Å². The number of phenolic OH excluding ortho intramolecular Hbond substituents is 1. The van der Waals surface area contributed by atoms with Gasteiger partial charge in [0.25, 0.3) is 5.91 Å². The molecule has 0 aliphatic heterocycles. The Morgan fingerprint density at radius 1 is 1.05 bits per heavy atom. The fourth-order valence-corrected chi connectivity index (χ4v) is 1.77. The fraction of sp³-hybridized carbons (Fsp3) is 0.125. The van der Waals surface area contributed by atoms with Gasteiger partial charge >= 0.3 is 0 Å². The van der Waals surface area contributed by atoms with Gasteiger partial charge in [0.15, 0.2) is 0 Å². The topological polar surface area (TPSA) is 61.7 Å². The molecule has 0 bridgehead atoms. The van der Waals surface area contributed by atoms with Crippen LogP contribution in [0.3, 0.4) is 0 Å². The summed E-state index contributed by atoms with van der Waals surface area (Å²) in [6, 6.07) is 15.7. The van der Waals surface area contributed by atoms with Crippen LogP contribution >= 0.6 is 0 Å². The highest BCUT2D eigenvalue weighted by molar-refractivity contribution is 6.02. The lowest BCUT2D eigenvalue weighted by Crippen LogP contribution is -2.19. The Bertz CT molecular complexity index is 604. The second-order valence-electron chi connectivity index (χ2n) is 4.27. The van der Waals surface area contributed by atoms with Crippen LogP contribution in [0.4, 0.5) is 0 Å². The summed E-state index contributed by atoms with van der Waals surface area (Å²) >= 11 is 0. The Hall–Kier alpha value is -2.62. The second kappa shape index (κ2) is 6.52. The molecule has 0 saturated carbocycles. The molecule has 0 aromatic heterocycles. The molecule has 0 fully saturated rings. The maximum atomic E-state index is 11.9. The number of nitrogens with one attached hydrogen (secondary N) is 1. The predicted octanol–water partition coefficient (Wildman–Crippen LogP) is 2.94. The van der Waals surface area contributed by atoms with Crippen molar-refractivity contribution in [3.63, 3.8) is 0 Å². The molecule has 102 valence electrons. The van der Waals surface area contributed by atoms with E-state index in [0.717, 1.165) is 11.3 Å². The third-order valence-corrected chi connectivity index (χ3v) is 2.86. The lowest BCUT2D eigenvalue weighted by molar-refractivity contribution is 0.0955. The van der Waals surface area contributed by atoms with Crippen molar-refractivity contribution in [1.82, 2.24) is 5.43 Å². The first kappa shape index (κ1) is 13.8. The molecular formula is C16H16N2O2. The molecule has 0 aliphatic carbocycles. The van der Waals surface area contributed by atoms with E-state index in [0.29, 0.717) is 12.0 Å². The van der Waals surface area contributed by atoms with E-state index in [-0.39, 0.29) is 11.7 Å². The Balaban J connectivity index is 2.12. The molecule has 0 aliphatic rings. The first-order chi connectivity index (χ1) is 9.70. The number of phenols is 1. The van der Waals surface area contributed by atoms with Crippen molar-refractivity contribution in [3.05, 3.63) is 65.7 Å². The van der Waals surface area contributed by atoms with E-state index in [1.165, 1.54) is 0 Å². The van der Waals surface area contributed by atoms with Crippen molar-refractivity contribution in [3.8, 4) is 5.75 Å². The molecule has 1 amide bonds. The minimum Gasteiger partial charge on any atom is -0.508 e. The number of hydrogen-bond acceptors (Lipinski definition) is 3. The van der Waals surface area contributed by atoms with Crippen LogP contribution in [0.5, 0.6) is 5.75 Å². The Labute approximate surface area is 117 Å². The highest BCUT2D eigenvalue weighted by atomic mass is 16.3. The van der Waals surface area contributed by atoms with Gasteiger partial charge in [0.1, 0.15) is 5.75 Å². The lowest BCUT2D eigenvalue weighted by atomic mass is 10.1. The molecular weight excluding hydrogens is 252 g/mol. The lowest BCUT2D eigenvalue weighted by Gasteiger charge is -2.05. The first-order valence-corrected chi connectivity index (χ1v) is 6.42. The van der Waals surface area contributed by atoms with Gasteiger partial charge in [-0.1, -0.05) is 25.1 Å². The number of amides is 1. The molecule has 2 rings (SSSR count). The van der Waals surface area contributed by atoms with Crippen molar-refractivity contribution in [1.29, 1.82) is 0 Å². The molecule has 20 heavy (non-hydrogen) atoms. The van der Waals surface area contributed by atoms with Gasteiger partial charge in [-0.25, -0.2) is 5.43 Å². The summed E-state index contributed by atoms with van der Waals surface area (Å²) < 4.78 is 0. The van der Waals surface area contributed by atoms with Crippen LogP contribution in [0.1, 0.15) is 29.3 Å². The Morgan fingerprint density at radius 3 is 2.30 bits per heavy atom. The summed E-state index contributed by atoms with van der Waals surface area (Å²) in [5, 5.41) is 13.4. The van der Waals surface area contributed by atoms with Crippen LogP contribution in [0.2, 0.25) is 0 Å². The molecule has 0 radical (unpaired) electrons. The number of hydrazone groups is 1. The number of benzene rings is 2. The normalized spacial score (nSPS) is 11.2. The quantitative estimate of drug-likeness (QED) is 0.661. The van der Waals surface area contributed by atoms with E-state index in [1.54, 1.807) is 48.5 Å². The fourth-order valence-electron chi connectivity index (χ4n) is 1.77. The first-order valence-electron chi connectivity index (χ1n) is 6.42. The van der Waals surface area contributed by atoms with E-state index >= 15 is 0 Å². The maximum Gasteiger partial charge on any atom is 0.271 e. The number of aromatic hydroxyl groups is 1. The molecule has 0 spiro atoms. The minimum absolute atomic E-state index is 0.206. The van der Waals surface area contributed by atoms with Crippen LogP contribution < -0.4 is 5.43 Å². The molecule has 2 aromatic rings. The monoisotopic (exact) mass is 268 g/mol. The number of nitrogens with zero attached hydrogens (tertiary/aromatic N) is 1. The summed E-state index contributed by atoms with van der Waals surface area (Å²) in [6.45, 7) is 1.96. The Kier molecular flexibility index (Phi) is 4.50. The molecule has 0 unspecified atom stereocenters. The van der Waals surface area contributed by atoms with Crippen LogP contribution in [-0.4, -0.2) is 16.7 Å². The van der Waals surface area contributed by atoms with E-state index < -0.39 is 0 Å². The molecule has 4 heteroatoms. The smallest absolute Gasteiger partial charge is 0.271 e. The Morgan fingerprint density at radius 2 is 1.70 bits per heavy atom. The standard InChI is InChI=1S/C16H16N2O2/c1-2-15(12-8-10-14(19)11-9-12)17-18-16(20)13-6-4-3-5-7-13/h3-11,19H,2H2,1H3,(H,18,20)/b17-15-. The van der Waals surface area contributed by atoms with Crippen LogP contribution in [0.15, 0.2) is 59.7 Å². The van der Waals surface area contributed by atoms with Gasteiger partial charge in [-0.15, -0.1) is 0 Å². The summed E-state index contributed by atoms with van der Waals surface area (Å²) in [7, 11) is 0. The van der Waals surface area contributed by atoms with E-state index in [2.05, 4.69) is 10.5 Å². The van der Waals surface area contributed by atoms with Gasteiger partial charge in [0, 0.05) is 5.56 Å². The van der Waals surface area contributed by atoms with Gasteiger partial charge in [0.2, 0.25) is 0 Å². The molecule has 0 heterocycles. The third-order valence-electron chi connectivity index (χ3n) is 2.86. The maximum absolute atomic E-state index is 11.9.